The van der Waals surface area contributed by atoms with E-state index in [9.17, 15) is 4.79 Å². The molecule has 28 heavy (non-hydrogen) atoms. The number of nitrogens with two attached hydrogens (primary N) is 1. The fraction of sp³-hybridized carbons (Fsp3) is 0.444. The van der Waals surface area contributed by atoms with Gasteiger partial charge >= 0.3 is 0 Å². The van der Waals surface area contributed by atoms with Crippen LogP contribution in [-0.2, 0) is 11.3 Å². The van der Waals surface area contributed by atoms with E-state index in [1.54, 1.807) is 7.05 Å². The second-order valence-corrected chi connectivity index (χ2v) is 6.62. The highest BCUT2D eigenvalue weighted by Crippen LogP contribution is 2.15. The first kappa shape index (κ1) is 22.1. The van der Waals surface area contributed by atoms with Crippen LogP contribution in [0.1, 0.15) is 18.4 Å². The second-order valence-electron chi connectivity index (χ2n) is 6.62. The van der Waals surface area contributed by atoms with Crippen molar-refractivity contribution in [3.63, 3.8) is 0 Å². The van der Waals surface area contributed by atoms with Crippen LogP contribution in [0.3, 0.4) is 0 Å². The van der Waals surface area contributed by atoms with Crippen molar-refractivity contribution in [1.29, 1.82) is 0 Å². The van der Waals surface area contributed by atoms with Gasteiger partial charge in [0.25, 0.3) is 0 Å². The van der Waals surface area contributed by atoms with Gasteiger partial charge in [0.05, 0.1) is 6.54 Å². The van der Waals surface area contributed by atoms with Crippen LogP contribution < -0.4 is 16.4 Å². The summed E-state index contributed by atoms with van der Waals surface area (Å²) in [5.74, 6) is 1.25. The van der Waals surface area contributed by atoms with Crippen LogP contribution >= 0.6 is 24.0 Å². The van der Waals surface area contributed by atoms with Crippen molar-refractivity contribution in [3.8, 4) is 11.4 Å². The topological polar surface area (TPSA) is 124 Å². The van der Waals surface area contributed by atoms with Crippen molar-refractivity contribution < 1.29 is 4.79 Å². The Balaban J connectivity index is 0.00000280. The molecule has 10 heteroatoms. The Hall–Kier alpha value is -2.21. The molecule has 152 valence electrons. The summed E-state index contributed by atoms with van der Waals surface area (Å²) in [4.78, 5) is 21.6. The summed E-state index contributed by atoms with van der Waals surface area (Å²) >= 11 is 0. The zero-order valence-corrected chi connectivity index (χ0v) is 18.2. The van der Waals surface area contributed by atoms with E-state index < -0.39 is 0 Å². The molecular formula is C18H27IN8O. The number of likely N-dealkylation sites (tertiary alicyclic amines) is 1. The van der Waals surface area contributed by atoms with Gasteiger partial charge in [-0.15, -0.1) is 24.0 Å². The number of carbonyl (C=O) groups excluding carboxylic acids is 1. The number of guanidine groups is 1. The van der Waals surface area contributed by atoms with Crippen LogP contribution in [0.15, 0.2) is 35.6 Å². The predicted octanol–water partition coefficient (Wildman–Crippen LogP) is 0.704. The number of H-pyrrole nitrogens is 1. The molecule has 2 heterocycles. The second kappa shape index (κ2) is 11.0. The van der Waals surface area contributed by atoms with Gasteiger partial charge in [-0.3, -0.25) is 19.8 Å². The number of hydrogen-bond donors (Lipinski definition) is 4. The van der Waals surface area contributed by atoms with E-state index in [1.807, 2.05) is 12.1 Å². The molecule has 2 aromatic rings. The maximum absolute atomic E-state index is 11.0. The van der Waals surface area contributed by atoms with E-state index in [-0.39, 0.29) is 29.9 Å². The van der Waals surface area contributed by atoms with Crippen molar-refractivity contribution in [2.24, 2.45) is 10.7 Å². The van der Waals surface area contributed by atoms with Crippen molar-refractivity contribution in [2.45, 2.75) is 25.4 Å². The Morgan fingerprint density at radius 1 is 1.39 bits per heavy atom. The third-order valence-corrected chi connectivity index (χ3v) is 4.61. The van der Waals surface area contributed by atoms with Gasteiger partial charge in [-0.1, -0.05) is 18.2 Å². The van der Waals surface area contributed by atoms with Crippen LogP contribution in [0, 0.1) is 0 Å². The summed E-state index contributed by atoms with van der Waals surface area (Å²) in [5.41, 5.74) is 7.39. The van der Waals surface area contributed by atoms with Gasteiger partial charge in [0.1, 0.15) is 6.33 Å². The van der Waals surface area contributed by atoms with Gasteiger partial charge in [0.15, 0.2) is 11.8 Å². The smallest absolute Gasteiger partial charge is 0.231 e. The summed E-state index contributed by atoms with van der Waals surface area (Å²) in [5, 5.41) is 13.6. The van der Waals surface area contributed by atoms with E-state index in [1.165, 1.54) is 6.33 Å². The predicted molar refractivity (Wildman–Crippen MR) is 119 cm³/mol. The monoisotopic (exact) mass is 498 g/mol. The van der Waals surface area contributed by atoms with Gasteiger partial charge in [0, 0.05) is 38.3 Å². The van der Waals surface area contributed by atoms with E-state index in [2.05, 4.69) is 47.8 Å². The van der Waals surface area contributed by atoms with Gasteiger partial charge in [-0.2, -0.15) is 5.10 Å². The van der Waals surface area contributed by atoms with Crippen LogP contribution in [0.5, 0.6) is 0 Å². The van der Waals surface area contributed by atoms with Crippen molar-refractivity contribution in [2.75, 3.05) is 26.7 Å². The highest BCUT2D eigenvalue weighted by atomic mass is 127. The zero-order chi connectivity index (χ0) is 19.1. The van der Waals surface area contributed by atoms with Gasteiger partial charge in [-0.05, 0) is 24.5 Å². The van der Waals surface area contributed by atoms with Crippen molar-refractivity contribution in [1.82, 2.24) is 30.7 Å². The number of primary amides is 1. The average molecular weight is 498 g/mol. The third-order valence-electron chi connectivity index (χ3n) is 4.61. The lowest BCUT2D eigenvalue weighted by atomic mass is 10.1. The van der Waals surface area contributed by atoms with Crippen LogP contribution in [-0.4, -0.2) is 64.7 Å². The van der Waals surface area contributed by atoms with E-state index in [0.29, 0.717) is 19.1 Å². The van der Waals surface area contributed by atoms with Crippen molar-refractivity contribution in [3.05, 3.63) is 36.2 Å². The number of nitrogens with zero attached hydrogens (tertiary/aromatic N) is 4. The number of rotatable bonds is 6. The standard InChI is InChI=1S/C18H26N8O.HI/c1-20-18(24-15-5-7-26(8-6-15)11-16(19)27)21-10-13-3-2-4-14(9-13)17-22-12-23-25-17;/h2-4,9,12,15H,5-8,10-11H2,1H3,(H2,19,27)(H2,20,21,24)(H,22,23,25);1H. The SMILES string of the molecule is CN=C(NCc1cccc(-c2ncn[nH]2)c1)NC1CCN(CC(N)=O)CC1.I. The number of benzene rings is 1. The van der Waals surface area contributed by atoms with Crippen LogP contribution in [0.4, 0.5) is 0 Å². The first-order chi connectivity index (χ1) is 13.1. The molecule has 1 aromatic carbocycles. The number of aromatic nitrogens is 3. The molecule has 1 aliphatic rings. The van der Waals surface area contributed by atoms with Crippen LogP contribution in [0.25, 0.3) is 11.4 Å². The lowest BCUT2D eigenvalue weighted by Crippen LogP contribution is -2.49. The Morgan fingerprint density at radius 3 is 2.82 bits per heavy atom. The lowest BCUT2D eigenvalue weighted by molar-refractivity contribution is -0.119. The Labute approximate surface area is 181 Å². The average Bonchev–Trinajstić information content (AvgIpc) is 3.21. The highest BCUT2D eigenvalue weighted by molar-refractivity contribution is 14.0. The van der Waals surface area contributed by atoms with Gasteiger partial charge < -0.3 is 16.4 Å². The number of nitrogens with one attached hydrogen (secondary N) is 3. The summed E-state index contributed by atoms with van der Waals surface area (Å²) in [7, 11) is 1.77. The molecule has 0 radical (unpaired) electrons. The number of halogens is 1. The highest BCUT2D eigenvalue weighted by Gasteiger charge is 2.20. The maximum Gasteiger partial charge on any atom is 0.231 e. The van der Waals surface area contributed by atoms with E-state index in [0.717, 1.165) is 48.8 Å². The first-order valence-electron chi connectivity index (χ1n) is 9.06. The molecule has 1 saturated heterocycles. The summed E-state index contributed by atoms with van der Waals surface area (Å²) in [6.45, 7) is 2.71. The minimum atomic E-state index is -0.272. The summed E-state index contributed by atoms with van der Waals surface area (Å²) in [6.07, 6.45) is 3.41. The molecule has 3 rings (SSSR count). The fourth-order valence-electron chi connectivity index (χ4n) is 3.20. The molecule has 0 saturated carbocycles. The molecule has 1 aliphatic heterocycles. The van der Waals surface area contributed by atoms with Crippen LogP contribution in [0.2, 0.25) is 0 Å². The quantitative estimate of drug-likeness (QED) is 0.264. The number of carbonyl (C=O) groups is 1. The molecule has 0 unspecified atom stereocenters. The molecule has 0 aliphatic carbocycles. The lowest BCUT2D eigenvalue weighted by Gasteiger charge is -2.32. The first-order valence-corrected chi connectivity index (χ1v) is 9.06. The number of amides is 1. The number of aromatic amines is 1. The molecule has 0 spiro atoms. The minimum Gasteiger partial charge on any atom is -0.369 e. The molecule has 1 aromatic heterocycles. The van der Waals surface area contributed by atoms with Crippen molar-refractivity contribution >= 4 is 35.8 Å². The number of aliphatic imine (C=N–C) groups is 1. The molecule has 9 nitrogen and oxygen atoms in total. The molecule has 0 atom stereocenters. The summed E-state index contributed by atoms with van der Waals surface area (Å²) < 4.78 is 0. The third kappa shape index (κ3) is 6.44. The number of hydrogen-bond acceptors (Lipinski definition) is 5. The Morgan fingerprint density at radius 2 is 2.18 bits per heavy atom. The fourth-order valence-corrected chi connectivity index (χ4v) is 3.20. The van der Waals surface area contributed by atoms with Gasteiger partial charge in [0.2, 0.25) is 5.91 Å². The van der Waals surface area contributed by atoms with Gasteiger partial charge in [-0.25, -0.2) is 4.98 Å². The normalized spacial score (nSPS) is 15.7. The van der Waals surface area contributed by atoms with E-state index >= 15 is 0 Å². The molecule has 1 amide bonds. The minimum absolute atomic E-state index is 0. The largest absolute Gasteiger partial charge is 0.369 e. The van der Waals surface area contributed by atoms with E-state index in [4.69, 9.17) is 5.73 Å². The Bertz CT molecular complexity index is 772. The zero-order valence-electron chi connectivity index (χ0n) is 15.9. The maximum atomic E-state index is 11.0. The molecule has 1 fully saturated rings. The number of piperidine rings is 1. The molecule has 0 bridgehead atoms. The summed E-state index contributed by atoms with van der Waals surface area (Å²) in [6, 6.07) is 8.46. The molecule has 5 N–H and O–H groups in total. The Kier molecular flexibility index (Phi) is 8.64. The molecular weight excluding hydrogens is 471 g/mol.